The van der Waals surface area contributed by atoms with E-state index in [4.69, 9.17) is 5.26 Å². The zero-order chi connectivity index (χ0) is 12.3. The number of carbonyl (C=O) groups excluding carboxylic acids is 1. The van der Waals surface area contributed by atoms with Crippen molar-refractivity contribution >= 4 is 18.5 Å². The third kappa shape index (κ3) is 3.01. The summed E-state index contributed by atoms with van der Waals surface area (Å²) >= 11 is 4.23. The molecule has 1 aromatic carbocycles. The molecule has 2 rings (SSSR count). The van der Waals surface area contributed by atoms with Gasteiger partial charge in [-0.1, -0.05) is 6.07 Å². The van der Waals surface area contributed by atoms with E-state index in [0.717, 1.165) is 17.7 Å². The van der Waals surface area contributed by atoms with E-state index < -0.39 is 0 Å². The fourth-order valence-corrected chi connectivity index (χ4v) is 2.04. The van der Waals surface area contributed by atoms with Gasteiger partial charge in [0.05, 0.1) is 12.5 Å². The van der Waals surface area contributed by atoms with Crippen molar-refractivity contribution in [2.45, 2.75) is 30.2 Å². The number of thiol groups is 1. The summed E-state index contributed by atoms with van der Waals surface area (Å²) in [4.78, 5) is 14.9. The SMILES string of the molecule is N#CCCN(C(=O)c1cccc(S)c1)C1CC1. The summed E-state index contributed by atoms with van der Waals surface area (Å²) in [6, 6.07) is 9.66. The molecule has 1 fully saturated rings. The summed E-state index contributed by atoms with van der Waals surface area (Å²) in [6.45, 7) is 0.525. The molecule has 1 aliphatic rings. The molecule has 0 aliphatic heterocycles. The second-order valence-electron chi connectivity index (χ2n) is 4.19. The van der Waals surface area contributed by atoms with E-state index in [9.17, 15) is 4.79 Å². The van der Waals surface area contributed by atoms with E-state index in [1.807, 2.05) is 17.0 Å². The van der Waals surface area contributed by atoms with E-state index >= 15 is 0 Å². The molecule has 88 valence electrons. The third-order valence-corrected chi connectivity index (χ3v) is 3.08. The van der Waals surface area contributed by atoms with Crippen molar-refractivity contribution in [1.82, 2.24) is 4.90 Å². The van der Waals surface area contributed by atoms with Gasteiger partial charge in [0.25, 0.3) is 5.91 Å². The van der Waals surface area contributed by atoms with E-state index in [1.54, 1.807) is 12.1 Å². The van der Waals surface area contributed by atoms with E-state index in [1.165, 1.54) is 0 Å². The second kappa shape index (κ2) is 5.24. The fourth-order valence-electron chi connectivity index (χ4n) is 1.81. The first-order valence-corrected chi connectivity index (χ1v) is 6.14. The molecule has 0 radical (unpaired) electrons. The Balaban J connectivity index is 2.13. The first-order valence-electron chi connectivity index (χ1n) is 5.69. The van der Waals surface area contributed by atoms with Crippen molar-refractivity contribution in [3.05, 3.63) is 29.8 Å². The zero-order valence-corrected chi connectivity index (χ0v) is 10.4. The Bertz CT molecular complexity index is 463. The smallest absolute Gasteiger partial charge is 0.254 e. The summed E-state index contributed by atoms with van der Waals surface area (Å²) in [5, 5.41) is 8.61. The Labute approximate surface area is 106 Å². The molecule has 1 aromatic rings. The van der Waals surface area contributed by atoms with Gasteiger partial charge in [0, 0.05) is 23.0 Å². The molecule has 0 spiro atoms. The van der Waals surface area contributed by atoms with Gasteiger partial charge in [0.15, 0.2) is 0 Å². The molecule has 1 aliphatic carbocycles. The average molecular weight is 246 g/mol. The minimum Gasteiger partial charge on any atom is -0.335 e. The Morgan fingerprint density at radius 3 is 2.88 bits per heavy atom. The van der Waals surface area contributed by atoms with Gasteiger partial charge in [-0.2, -0.15) is 5.26 Å². The van der Waals surface area contributed by atoms with E-state index in [-0.39, 0.29) is 5.91 Å². The molecule has 0 bridgehead atoms. The summed E-state index contributed by atoms with van der Waals surface area (Å²) < 4.78 is 0. The summed E-state index contributed by atoms with van der Waals surface area (Å²) in [6.07, 6.45) is 2.50. The van der Waals surface area contributed by atoms with E-state index in [0.29, 0.717) is 24.6 Å². The summed E-state index contributed by atoms with van der Waals surface area (Å²) in [7, 11) is 0. The Kier molecular flexibility index (Phi) is 3.70. The molecule has 4 heteroatoms. The van der Waals surface area contributed by atoms with Gasteiger partial charge in [-0.25, -0.2) is 0 Å². The number of nitriles is 1. The molecular formula is C13H14N2OS. The van der Waals surface area contributed by atoms with Crippen LogP contribution in [0.1, 0.15) is 29.6 Å². The van der Waals surface area contributed by atoms with Gasteiger partial charge < -0.3 is 4.90 Å². The first kappa shape index (κ1) is 12.0. The molecule has 0 aromatic heterocycles. The molecular weight excluding hydrogens is 232 g/mol. The van der Waals surface area contributed by atoms with Crippen LogP contribution < -0.4 is 0 Å². The molecule has 0 atom stereocenters. The van der Waals surface area contributed by atoms with Crippen LogP contribution in [0.2, 0.25) is 0 Å². The van der Waals surface area contributed by atoms with Crippen LogP contribution in [0.5, 0.6) is 0 Å². The third-order valence-electron chi connectivity index (χ3n) is 2.81. The van der Waals surface area contributed by atoms with Crippen LogP contribution in [0, 0.1) is 11.3 Å². The lowest BCUT2D eigenvalue weighted by Gasteiger charge is -2.21. The van der Waals surface area contributed by atoms with E-state index in [2.05, 4.69) is 18.7 Å². The molecule has 0 saturated heterocycles. The lowest BCUT2D eigenvalue weighted by atomic mass is 10.2. The number of carbonyl (C=O) groups is 1. The molecule has 1 saturated carbocycles. The van der Waals surface area contributed by atoms with Gasteiger partial charge >= 0.3 is 0 Å². The highest BCUT2D eigenvalue weighted by molar-refractivity contribution is 7.80. The Morgan fingerprint density at radius 2 is 2.29 bits per heavy atom. The highest BCUT2D eigenvalue weighted by atomic mass is 32.1. The van der Waals surface area contributed by atoms with Crippen molar-refractivity contribution in [1.29, 1.82) is 5.26 Å². The predicted molar refractivity (Wildman–Crippen MR) is 68.0 cm³/mol. The number of benzene rings is 1. The summed E-state index contributed by atoms with van der Waals surface area (Å²) in [5.41, 5.74) is 0.655. The quantitative estimate of drug-likeness (QED) is 0.829. The molecule has 0 heterocycles. The standard InChI is InChI=1S/C13H14N2OS/c14-7-2-8-15(11-5-6-11)13(16)10-3-1-4-12(17)9-10/h1,3-4,9,11,17H,2,5-6,8H2. The predicted octanol–water partition coefficient (Wildman–Crippen LogP) is 2.49. The highest BCUT2D eigenvalue weighted by Crippen LogP contribution is 2.28. The first-order chi connectivity index (χ1) is 8.22. The Morgan fingerprint density at radius 1 is 1.53 bits per heavy atom. The topological polar surface area (TPSA) is 44.1 Å². The molecule has 0 N–H and O–H groups in total. The van der Waals surface area contributed by atoms with Crippen LogP contribution in [-0.2, 0) is 0 Å². The van der Waals surface area contributed by atoms with Crippen LogP contribution in [-0.4, -0.2) is 23.4 Å². The maximum absolute atomic E-state index is 12.3. The molecule has 3 nitrogen and oxygen atoms in total. The van der Waals surface area contributed by atoms with Crippen molar-refractivity contribution in [3.63, 3.8) is 0 Å². The normalized spacial score (nSPS) is 14.1. The van der Waals surface area contributed by atoms with Crippen molar-refractivity contribution in [3.8, 4) is 6.07 Å². The van der Waals surface area contributed by atoms with Crippen LogP contribution in [0.25, 0.3) is 0 Å². The van der Waals surface area contributed by atoms with Gasteiger partial charge in [0.2, 0.25) is 0 Å². The summed E-state index contributed by atoms with van der Waals surface area (Å²) in [5.74, 6) is 0.0126. The van der Waals surface area contributed by atoms with Crippen LogP contribution >= 0.6 is 12.6 Å². The Hall–Kier alpha value is -1.47. The molecule has 1 amide bonds. The van der Waals surface area contributed by atoms with Crippen LogP contribution in [0.15, 0.2) is 29.2 Å². The van der Waals surface area contributed by atoms with Gasteiger partial charge in [0.1, 0.15) is 0 Å². The lowest BCUT2D eigenvalue weighted by molar-refractivity contribution is 0.0746. The number of hydrogen-bond acceptors (Lipinski definition) is 3. The highest BCUT2D eigenvalue weighted by Gasteiger charge is 2.32. The maximum Gasteiger partial charge on any atom is 0.254 e. The van der Waals surface area contributed by atoms with Gasteiger partial charge in [-0.05, 0) is 31.0 Å². The second-order valence-corrected chi connectivity index (χ2v) is 4.70. The minimum absolute atomic E-state index is 0.0126. The minimum atomic E-state index is 0.0126. The van der Waals surface area contributed by atoms with Crippen molar-refractivity contribution < 1.29 is 4.79 Å². The lowest BCUT2D eigenvalue weighted by Crippen LogP contribution is -2.33. The average Bonchev–Trinajstić information content (AvgIpc) is 3.14. The zero-order valence-electron chi connectivity index (χ0n) is 9.47. The van der Waals surface area contributed by atoms with Gasteiger partial charge in [-0.3, -0.25) is 4.79 Å². The van der Waals surface area contributed by atoms with Gasteiger partial charge in [-0.15, -0.1) is 12.6 Å². The molecule has 0 unspecified atom stereocenters. The number of hydrogen-bond donors (Lipinski definition) is 1. The van der Waals surface area contributed by atoms with Crippen molar-refractivity contribution in [2.24, 2.45) is 0 Å². The largest absolute Gasteiger partial charge is 0.335 e. The van der Waals surface area contributed by atoms with Crippen LogP contribution in [0.4, 0.5) is 0 Å². The number of rotatable bonds is 4. The monoisotopic (exact) mass is 246 g/mol. The van der Waals surface area contributed by atoms with Crippen molar-refractivity contribution in [2.75, 3.05) is 6.54 Å². The number of amides is 1. The maximum atomic E-state index is 12.3. The van der Waals surface area contributed by atoms with Crippen LogP contribution in [0.3, 0.4) is 0 Å². The number of nitrogens with zero attached hydrogens (tertiary/aromatic N) is 2. The fraction of sp³-hybridized carbons (Fsp3) is 0.385. The molecule has 17 heavy (non-hydrogen) atoms.